The highest BCUT2D eigenvalue weighted by Gasteiger charge is 2.41. The summed E-state index contributed by atoms with van der Waals surface area (Å²) in [6, 6.07) is 20.7. The summed E-state index contributed by atoms with van der Waals surface area (Å²) in [4.78, 5) is 22.6. The van der Waals surface area contributed by atoms with Crippen molar-refractivity contribution in [3.63, 3.8) is 0 Å². The molecule has 1 fully saturated rings. The van der Waals surface area contributed by atoms with Crippen LogP contribution in [0.4, 0.5) is 0 Å². The van der Waals surface area contributed by atoms with E-state index in [2.05, 4.69) is 44.7 Å². The van der Waals surface area contributed by atoms with E-state index in [-0.39, 0.29) is 17.6 Å². The maximum atomic E-state index is 11.3. The molecule has 4 aromatic rings. The van der Waals surface area contributed by atoms with E-state index in [9.17, 15) is 9.90 Å². The Bertz CT molecular complexity index is 1370. The largest absolute Gasteiger partial charge is 0.478 e. The van der Waals surface area contributed by atoms with Crippen molar-refractivity contribution in [3.05, 3.63) is 113 Å². The lowest BCUT2D eigenvalue weighted by Gasteiger charge is -2.28. The number of benzene rings is 1. The fraction of sp³-hybridized carbons (Fsp3) is 0.185. The molecule has 0 unspecified atom stereocenters. The van der Waals surface area contributed by atoms with Crippen LogP contribution in [0.15, 0.2) is 79.1 Å². The second kappa shape index (κ2) is 9.31. The number of thiocarbonyl (C=S) groups is 1. The Balaban J connectivity index is 1.60. The molecule has 2 atom stereocenters. The van der Waals surface area contributed by atoms with Gasteiger partial charge < -0.3 is 19.9 Å². The topological polar surface area (TPSA) is 83.3 Å². The molecule has 1 aliphatic rings. The zero-order valence-electron chi connectivity index (χ0n) is 19.4. The highest BCUT2D eigenvalue weighted by molar-refractivity contribution is 7.80. The molecule has 0 radical (unpaired) electrons. The molecule has 0 amide bonds. The molecule has 4 heterocycles. The van der Waals surface area contributed by atoms with Gasteiger partial charge in [0.15, 0.2) is 5.11 Å². The number of nitrogens with zero attached hydrogens (tertiary/aromatic N) is 4. The van der Waals surface area contributed by atoms with Gasteiger partial charge in [-0.25, -0.2) is 4.79 Å². The van der Waals surface area contributed by atoms with E-state index in [1.165, 1.54) is 0 Å². The van der Waals surface area contributed by atoms with E-state index >= 15 is 0 Å². The van der Waals surface area contributed by atoms with Gasteiger partial charge in [-0.3, -0.25) is 9.97 Å². The second-order valence-electron chi connectivity index (χ2n) is 8.59. The van der Waals surface area contributed by atoms with Gasteiger partial charge in [0.2, 0.25) is 0 Å². The van der Waals surface area contributed by atoms with E-state index in [0.717, 1.165) is 34.0 Å². The molecule has 176 valence electrons. The standard InChI is InChI=1S/C27H25N5O2S/c1-17-15-22(18(2)32(17)21-11-9-19(10-12-21)26(33)34)25-24(23-8-4-6-14-29-23)30-27(35)31(25)16-20-7-3-5-13-28-20/h3-15,24-25H,16H2,1-2H3,(H,30,35)(H,33,34)/t24-,25-/m0/s1. The van der Waals surface area contributed by atoms with Crippen molar-refractivity contribution in [2.45, 2.75) is 32.5 Å². The van der Waals surface area contributed by atoms with Gasteiger partial charge in [-0.1, -0.05) is 12.1 Å². The fourth-order valence-corrected chi connectivity index (χ4v) is 5.12. The Labute approximate surface area is 209 Å². The van der Waals surface area contributed by atoms with Gasteiger partial charge in [-0.2, -0.15) is 0 Å². The normalized spacial score (nSPS) is 17.4. The zero-order valence-corrected chi connectivity index (χ0v) is 20.2. The molecule has 5 rings (SSSR count). The van der Waals surface area contributed by atoms with Crippen LogP contribution in [-0.2, 0) is 6.54 Å². The monoisotopic (exact) mass is 483 g/mol. The predicted molar refractivity (Wildman–Crippen MR) is 137 cm³/mol. The second-order valence-corrected chi connectivity index (χ2v) is 8.98. The van der Waals surface area contributed by atoms with Gasteiger partial charge in [0.25, 0.3) is 0 Å². The molecule has 1 saturated heterocycles. The molecular weight excluding hydrogens is 458 g/mol. The third-order valence-corrected chi connectivity index (χ3v) is 6.77. The number of hydrogen-bond acceptors (Lipinski definition) is 4. The highest BCUT2D eigenvalue weighted by Crippen LogP contribution is 2.42. The van der Waals surface area contributed by atoms with Crippen LogP contribution in [-0.4, -0.2) is 35.6 Å². The third kappa shape index (κ3) is 4.28. The van der Waals surface area contributed by atoms with Gasteiger partial charge >= 0.3 is 5.97 Å². The van der Waals surface area contributed by atoms with Crippen LogP contribution in [0.1, 0.15) is 50.8 Å². The lowest BCUT2D eigenvalue weighted by Crippen LogP contribution is -2.29. The van der Waals surface area contributed by atoms with Crippen LogP contribution in [0, 0.1) is 13.8 Å². The number of carbonyl (C=O) groups is 1. The summed E-state index contributed by atoms with van der Waals surface area (Å²) in [5, 5.41) is 13.4. The summed E-state index contributed by atoms with van der Waals surface area (Å²) in [7, 11) is 0. The molecule has 0 spiro atoms. The van der Waals surface area contributed by atoms with E-state index in [1.54, 1.807) is 24.5 Å². The Morgan fingerprint density at radius 2 is 1.74 bits per heavy atom. The zero-order chi connectivity index (χ0) is 24.5. The summed E-state index contributed by atoms with van der Waals surface area (Å²) in [5.74, 6) is -0.938. The van der Waals surface area contributed by atoms with Crippen molar-refractivity contribution in [1.82, 2.24) is 24.8 Å². The van der Waals surface area contributed by atoms with Crippen LogP contribution in [0.2, 0.25) is 0 Å². The number of hydrogen-bond donors (Lipinski definition) is 2. The maximum Gasteiger partial charge on any atom is 0.335 e. The van der Waals surface area contributed by atoms with Crippen molar-refractivity contribution in [2.24, 2.45) is 0 Å². The van der Waals surface area contributed by atoms with Gasteiger partial charge in [0.1, 0.15) is 0 Å². The van der Waals surface area contributed by atoms with Crippen molar-refractivity contribution in [2.75, 3.05) is 0 Å². The number of aromatic nitrogens is 3. The molecular formula is C27H25N5O2S. The average Bonchev–Trinajstić information content (AvgIpc) is 3.35. The number of carboxylic acid groups (broad SMARTS) is 1. The summed E-state index contributed by atoms with van der Waals surface area (Å²) < 4.78 is 2.15. The fourth-order valence-electron chi connectivity index (χ4n) is 4.82. The molecule has 0 saturated carbocycles. The third-order valence-electron chi connectivity index (χ3n) is 6.42. The van der Waals surface area contributed by atoms with Gasteiger partial charge in [-0.05, 0) is 86.2 Å². The highest BCUT2D eigenvalue weighted by atomic mass is 32.1. The van der Waals surface area contributed by atoms with E-state index < -0.39 is 5.97 Å². The van der Waals surface area contributed by atoms with Crippen molar-refractivity contribution >= 4 is 23.3 Å². The summed E-state index contributed by atoms with van der Waals surface area (Å²) >= 11 is 5.81. The Kier molecular flexibility index (Phi) is 6.05. The first-order valence-electron chi connectivity index (χ1n) is 11.3. The van der Waals surface area contributed by atoms with Crippen LogP contribution in [0.5, 0.6) is 0 Å². The molecule has 1 aromatic carbocycles. The number of carboxylic acids is 1. The Hall–Kier alpha value is -4.04. The smallest absolute Gasteiger partial charge is 0.335 e. The van der Waals surface area contributed by atoms with Crippen LogP contribution < -0.4 is 5.32 Å². The number of rotatable bonds is 6. The van der Waals surface area contributed by atoms with E-state index in [4.69, 9.17) is 12.2 Å². The minimum Gasteiger partial charge on any atom is -0.478 e. The number of pyridine rings is 2. The van der Waals surface area contributed by atoms with Gasteiger partial charge in [-0.15, -0.1) is 0 Å². The Morgan fingerprint density at radius 3 is 2.37 bits per heavy atom. The number of aryl methyl sites for hydroxylation is 1. The molecule has 3 aromatic heterocycles. The lowest BCUT2D eigenvalue weighted by atomic mass is 9.96. The quantitative estimate of drug-likeness (QED) is 0.383. The van der Waals surface area contributed by atoms with Crippen LogP contribution in [0.25, 0.3) is 5.69 Å². The van der Waals surface area contributed by atoms with Gasteiger partial charge in [0, 0.05) is 29.5 Å². The van der Waals surface area contributed by atoms with E-state index in [0.29, 0.717) is 11.7 Å². The van der Waals surface area contributed by atoms with Crippen LogP contribution in [0.3, 0.4) is 0 Å². The molecule has 2 N–H and O–H groups in total. The van der Waals surface area contributed by atoms with Crippen molar-refractivity contribution in [1.29, 1.82) is 0 Å². The first-order chi connectivity index (χ1) is 16.9. The molecule has 7 nitrogen and oxygen atoms in total. The molecule has 35 heavy (non-hydrogen) atoms. The SMILES string of the molecule is Cc1cc([C@H]2[C@H](c3ccccn3)NC(=S)N2Cc2ccccn2)c(C)n1-c1ccc(C(=O)O)cc1. The van der Waals surface area contributed by atoms with Gasteiger partial charge in [0.05, 0.1) is 35.6 Å². The summed E-state index contributed by atoms with van der Waals surface area (Å²) in [6.07, 6.45) is 3.59. The van der Waals surface area contributed by atoms with E-state index in [1.807, 2.05) is 48.5 Å². The van der Waals surface area contributed by atoms with Crippen LogP contribution >= 0.6 is 12.2 Å². The Morgan fingerprint density at radius 1 is 1.03 bits per heavy atom. The summed E-state index contributed by atoms with van der Waals surface area (Å²) in [5.41, 5.74) is 6.27. The lowest BCUT2D eigenvalue weighted by molar-refractivity contribution is 0.0697. The number of aromatic carboxylic acids is 1. The van der Waals surface area contributed by atoms with Crippen molar-refractivity contribution in [3.8, 4) is 5.69 Å². The first-order valence-corrected chi connectivity index (χ1v) is 11.8. The average molecular weight is 484 g/mol. The first kappa shape index (κ1) is 22.7. The minimum atomic E-state index is -0.938. The van der Waals surface area contributed by atoms with Crippen molar-refractivity contribution < 1.29 is 9.90 Å². The number of nitrogens with one attached hydrogen (secondary N) is 1. The molecule has 8 heteroatoms. The molecule has 0 aliphatic carbocycles. The summed E-state index contributed by atoms with van der Waals surface area (Å²) in [6.45, 7) is 4.71. The maximum absolute atomic E-state index is 11.3. The molecule has 0 bridgehead atoms. The predicted octanol–water partition coefficient (Wildman–Crippen LogP) is 4.76. The molecule has 1 aliphatic heterocycles. The minimum absolute atomic E-state index is 0.0994.